The normalized spacial score (nSPS) is 24.6. The Balaban J connectivity index is 2.60. The van der Waals surface area contributed by atoms with Crippen LogP contribution in [0.1, 0.15) is 60.3 Å². The number of hydrogen-bond donors (Lipinski definition) is 0. The number of nitrogens with zero attached hydrogens (tertiary/aromatic N) is 1. The fraction of sp³-hybridized carbons (Fsp3) is 0.933. The van der Waals surface area contributed by atoms with Crippen molar-refractivity contribution in [3.8, 4) is 0 Å². The van der Waals surface area contributed by atoms with E-state index in [-0.39, 0.29) is 5.92 Å². The van der Waals surface area contributed by atoms with Crippen molar-refractivity contribution in [1.29, 1.82) is 0 Å². The van der Waals surface area contributed by atoms with Crippen LogP contribution in [0.2, 0.25) is 0 Å². The molecular weight excluding hydrogens is 210 g/mol. The molecule has 0 N–H and O–H groups in total. The molecule has 0 aliphatic heterocycles. The fourth-order valence-corrected chi connectivity index (χ4v) is 2.85. The minimum absolute atomic E-state index is 0.271. The summed E-state index contributed by atoms with van der Waals surface area (Å²) in [5.74, 6) is 0.763. The molecule has 0 spiro atoms. The number of ketones is 1. The van der Waals surface area contributed by atoms with Crippen LogP contribution in [-0.4, -0.2) is 29.8 Å². The first-order valence-corrected chi connectivity index (χ1v) is 7.12. The van der Waals surface area contributed by atoms with Gasteiger partial charge < -0.3 is 4.90 Å². The van der Waals surface area contributed by atoms with Gasteiger partial charge in [0.05, 0.1) is 0 Å². The first kappa shape index (κ1) is 14.7. The van der Waals surface area contributed by atoms with Crippen molar-refractivity contribution in [3.05, 3.63) is 0 Å². The molecule has 1 saturated carbocycles. The lowest BCUT2D eigenvalue weighted by Crippen LogP contribution is -2.42. The molecule has 1 rings (SSSR count). The van der Waals surface area contributed by atoms with Crippen molar-refractivity contribution in [2.45, 2.75) is 66.3 Å². The molecule has 0 heterocycles. The van der Waals surface area contributed by atoms with Crippen molar-refractivity contribution in [2.24, 2.45) is 11.3 Å². The predicted octanol–water partition coefficient (Wildman–Crippen LogP) is 3.50. The Hall–Kier alpha value is -0.370. The molecule has 0 aromatic rings. The molecule has 1 aliphatic rings. The zero-order chi connectivity index (χ0) is 13.1. The number of rotatable bonds is 5. The third-order valence-corrected chi connectivity index (χ3v) is 4.00. The van der Waals surface area contributed by atoms with Crippen molar-refractivity contribution in [2.75, 3.05) is 13.1 Å². The highest BCUT2D eigenvalue weighted by atomic mass is 16.1. The number of carbonyl (C=O) groups excluding carboxylic acids is 1. The van der Waals surface area contributed by atoms with E-state index in [0.29, 0.717) is 17.2 Å². The molecule has 1 unspecified atom stereocenters. The average molecular weight is 239 g/mol. The second kappa shape index (κ2) is 5.99. The second-order valence-corrected chi connectivity index (χ2v) is 6.62. The maximum atomic E-state index is 12.0. The molecule has 0 saturated heterocycles. The molecule has 2 heteroatoms. The first-order valence-electron chi connectivity index (χ1n) is 7.12. The molecule has 1 atom stereocenters. The van der Waals surface area contributed by atoms with Gasteiger partial charge in [0.15, 0.2) is 0 Å². The summed E-state index contributed by atoms with van der Waals surface area (Å²) in [5, 5.41) is 0. The minimum Gasteiger partial charge on any atom is -0.300 e. The predicted molar refractivity (Wildman–Crippen MR) is 73.1 cm³/mol. The van der Waals surface area contributed by atoms with E-state index in [1.54, 1.807) is 0 Å². The maximum absolute atomic E-state index is 12.0. The van der Waals surface area contributed by atoms with Crippen molar-refractivity contribution >= 4 is 5.78 Å². The molecule has 1 fully saturated rings. The van der Waals surface area contributed by atoms with Crippen LogP contribution in [0.4, 0.5) is 0 Å². The number of hydrogen-bond acceptors (Lipinski definition) is 2. The lowest BCUT2D eigenvalue weighted by molar-refractivity contribution is -0.128. The SMILES string of the molecule is CCCN(CC1CC(C)(C)CCC1=O)C(C)C. The Morgan fingerprint density at radius 3 is 2.59 bits per heavy atom. The molecule has 0 bridgehead atoms. The first-order chi connectivity index (χ1) is 7.85. The van der Waals surface area contributed by atoms with E-state index < -0.39 is 0 Å². The van der Waals surface area contributed by atoms with Crippen LogP contribution in [0.25, 0.3) is 0 Å². The molecular formula is C15H29NO. The topological polar surface area (TPSA) is 20.3 Å². The molecule has 100 valence electrons. The van der Waals surface area contributed by atoms with Crippen molar-refractivity contribution in [1.82, 2.24) is 4.90 Å². The van der Waals surface area contributed by atoms with E-state index in [2.05, 4.69) is 39.5 Å². The smallest absolute Gasteiger partial charge is 0.137 e. The van der Waals surface area contributed by atoms with Gasteiger partial charge in [0.25, 0.3) is 0 Å². The van der Waals surface area contributed by atoms with Gasteiger partial charge in [-0.05, 0) is 45.1 Å². The van der Waals surface area contributed by atoms with Gasteiger partial charge in [0, 0.05) is 24.9 Å². The highest BCUT2D eigenvalue weighted by molar-refractivity contribution is 5.82. The van der Waals surface area contributed by atoms with Crippen LogP contribution in [0, 0.1) is 11.3 Å². The van der Waals surface area contributed by atoms with Gasteiger partial charge in [-0.25, -0.2) is 0 Å². The van der Waals surface area contributed by atoms with Gasteiger partial charge in [-0.1, -0.05) is 20.8 Å². The van der Waals surface area contributed by atoms with Crippen molar-refractivity contribution < 1.29 is 4.79 Å². The van der Waals surface area contributed by atoms with E-state index in [0.717, 1.165) is 32.4 Å². The summed E-state index contributed by atoms with van der Waals surface area (Å²) in [6.45, 7) is 13.3. The van der Waals surface area contributed by atoms with Crippen LogP contribution >= 0.6 is 0 Å². The Morgan fingerprint density at radius 2 is 2.06 bits per heavy atom. The van der Waals surface area contributed by atoms with Crippen LogP contribution in [0.3, 0.4) is 0 Å². The van der Waals surface area contributed by atoms with Gasteiger partial charge in [-0.2, -0.15) is 0 Å². The fourth-order valence-electron chi connectivity index (χ4n) is 2.85. The summed E-state index contributed by atoms with van der Waals surface area (Å²) in [7, 11) is 0. The summed E-state index contributed by atoms with van der Waals surface area (Å²) >= 11 is 0. The number of Topliss-reactive ketones (excluding diaryl/α,β-unsaturated/α-hetero) is 1. The average Bonchev–Trinajstić information content (AvgIpc) is 2.22. The third kappa shape index (κ3) is 4.42. The monoisotopic (exact) mass is 239 g/mol. The highest BCUT2D eigenvalue weighted by Crippen LogP contribution is 2.37. The lowest BCUT2D eigenvalue weighted by atomic mass is 9.71. The highest BCUT2D eigenvalue weighted by Gasteiger charge is 2.34. The summed E-state index contributed by atoms with van der Waals surface area (Å²) < 4.78 is 0. The molecule has 0 aromatic carbocycles. The van der Waals surface area contributed by atoms with Gasteiger partial charge in [-0.3, -0.25) is 4.79 Å². The standard InChI is InChI=1S/C15H29NO/c1-6-9-16(12(2)3)11-13-10-15(4,5)8-7-14(13)17/h12-13H,6-11H2,1-5H3. The van der Waals surface area contributed by atoms with Crippen LogP contribution in [0.5, 0.6) is 0 Å². The van der Waals surface area contributed by atoms with Gasteiger partial charge in [-0.15, -0.1) is 0 Å². The molecule has 0 radical (unpaired) electrons. The zero-order valence-electron chi connectivity index (χ0n) is 12.3. The summed E-state index contributed by atoms with van der Waals surface area (Å²) in [6.07, 6.45) is 4.09. The molecule has 2 nitrogen and oxygen atoms in total. The van der Waals surface area contributed by atoms with E-state index in [1.807, 2.05) is 0 Å². The lowest BCUT2D eigenvalue weighted by Gasteiger charge is -2.37. The Morgan fingerprint density at radius 1 is 1.41 bits per heavy atom. The summed E-state index contributed by atoms with van der Waals surface area (Å²) in [5.41, 5.74) is 0.355. The van der Waals surface area contributed by atoms with E-state index in [1.165, 1.54) is 6.42 Å². The molecule has 0 amide bonds. The van der Waals surface area contributed by atoms with Crippen LogP contribution in [-0.2, 0) is 4.79 Å². The van der Waals surface area contributed by atoms with Crippen LogP contribution < -0.4 is 0 Å². The third-order valence-electron chi connectivity index (χ3n) is 4.00. The van der Waals surface area contributed by atoms with Crippen molar-refractivity contribution in [3.63, 3.8) is 0 Å². The van der Waals surface area contributed by atoms with Crippen LogP contribution in [0.15, 0.2) is 0 Å². The molecule has 1 aliphatic carbocycles. The summed E-state index contributed by atoms with van der Waals surface area (Å²) in [4.78, 5) is 14.5. The summed E-state index contributed by atoms with van der Waals surface area (Å²) in [6, 6.07) is 0.549. The quantitative estimate of drug-likeness (QED) is 0.732. The van der Waals surface area contributed by atoms with E-state index >= 15 is 0 Å². The number of carbonyl (C=O) groups is 1. The van der Waals surface area contributed by atoms with E-state index in [4.69, 9.17) is 0 Å². The van der Waals surface area contributed by atoms with Gasteiger partial charge in [0.1, 0.15) is 5.78 Å². The van der Waals surface area contributed by atoms with Gasteiger partial charge in [0.2, 0.25) is 0 Å². The van der Waals surface area contributed by atoms with Gasteiger partial charge >= 0.3 is 0 Å². The zero-order valence-corrected chi connectivity index (χ0v) is 12.3. The largest absolute Gasteiger partial charge is 0.300 e. The molecule has 17 heavy (non-hydrogen) atoms. The van der Waals surface area contributed by atoms with E-state index in [9.17, 15) is 4.79 Å². The second-order valence-electron chi connectivity index (χ2n) is 6.62. The minimum atomic E-state index is 0.271. The Bertz CT molecular complexity index is 258. The Labute approximate surface area is 107 Å². The Kier molecular flexibility index (Phi) is 5.18. The maximum Gasteiger partial charge on any atom is 0.137 e. The molecule has 0 aromatic heterocycles.